The zero-order valence-electron chi connectivity index (χ0n) is 22.1. The van der Waals surface area contributed by atoms with Crippen molar-refractivity contribution in [1.82, 2.24) is 9.97 Å². The molecule has 1 aromatic heterocycles. The maximum atomic E-state index is 13.7. The van der Waals surface area contributed by atoms with Gasteiger partial charge in [-0.15, -0.1) is 0 Å². The van der Waals surface area contributed by atoms with Crippen molar-refractivity contribution >= 4 is 40.2 Å². The Labute approximate surface area is 222 Å². The Kier molecular flexibility index (Phi) is 6.97. The molecular weight excluding hydrogens is 480 g/mol. The van der Waals surface area contributed by atoms with Crippen LogP contribution < -0.4 is 9.80 Å². The summed E-state index contributed by atoms with van der Waals surface area (Å²) in [5.41, 5.74) is 3.55. The quantitative estimate of drug-likeness (QED) is 0.241. The first-order valence-corrected chi connectivity index (χ1v) is 13.1. The molecule has 0 spiro atoms. The van der Waals surface area contributed by atoms with Gasteiger partial charge in [0.25, 0.3) is 11.8 Å². The molecule has 0 radical (unpaired) electrons. The van der Waals surface area contributed by atoms with E-state index in [1.807, 2.05) is 32.0 Å². The molecule has 1 fully saturated rings. The average Bonchev–Trinajstić information content (AvgIpc) is 2.89. The van der Waals surface area contributed by atoms with Crippen LogP contribution in [0.25, 0.3) is 10.8 Å². The number of benzene rings is 2. The summed E-state index contributed by atoms with van der Waals surface area (Å²) in [5.74, 6) is -1.19. The Morgan fingerprint density at radius 1 is 1.03 bits per heavy atom. The number of hydrogen-bond donors (Lipinski definition) is 0. The highest BCUT2D eigenvalue weighted by molar-refractivity contribution is 6.36. The molecule has 1 saturated carbocycles. The largest absolute Gasteiger partial charge is 0.460 e. The lowest BCUT2D eigenvalue weighted by molar-refractivity contribution is -0.138. The standard InChI is InChI=1S/C30H32N4O4/c1-18(2)29(37)38-16-15-33(21-9-6-5-7-10-21)25-14-13-24-26-22(25)11-8-12-23(26)27(35)34(28(24)36)30-31-19(3)17-20(4)32-30/h8,11-14,17,21H,1,5-7,9-10,15-16H2,2-4H3. The van der Waals surface area contributed by atoms with E-state index in [0.717, 1.165) is 41.7 Å². The summed E-state index contributed by atoms with van der Waals surface area (Å²) in [6.45, 7) is 9.65. The van der Waals surface area contributed by atoms with Gasteiger partial charge < -0.3 is 9.64 Å². The first-order valence-electron chi connectivity index (χ1n) is 13.1. The van der Waals surface area contributed by atoms with Crippen molar-refractivity contribution in [2.24, 2.45) is 0 Å². The van der Waals surface area contributed by atoms with Crippen LogP contribution in [0, 0.1) is 13.8 Å². The predicted octanol–water partition coefficient (Wildman–Crippen LogP) is 5.31. The van der Waals surface area contributed by atoms with Gasteiger partial charge in [0.15, 0.2) is 0 Å². The van der Waals surface area contributed by atoms with E-state index in [1.165, 1.54) is 6.42 Å². The smallest absolute Gasteiger partial charge is 0.333 e. The number of rotatable bonds is 7. The number of anilines is 2. The molecular formula is C30H32N4O4. The third kappa shape index (κ3) is 4.66. The van der Waals surface area contributed by atoms with Crippen LogP contribution in [0.1, 0.15) is 71.1 Å². The summed E-state index contributed by atoms with van der Waals surface area (Å²) in [6, 6.07) is 11.4. The monoisotopic (exact) mass is 512 g/mol. The number of carbonyl (C=O) groups excluding carboxylic acids is 3. The van der Waals surface area contributed by atoms with Crippen LogP contribution >= 0.6 is 0 Å². The number of ether oxygens (including phenoxy) is 1. The van der Waals surface area contributed by atoms with Crippen molar-refractivity contribution < 1.29 is 19.1 Å². The summed E-state index contributed by atoms with van der Waals surface area (Å²) >= 11 is 0. The zero-order chi connectivity index (χ0) is 27.0. The number of aromatic nitrogens is 2. The van der Waals surface area contributed by atoms with E-state index in [2.05, 4.69) is 21.4 Å². The number of imide groups is 1. The Morgan fingerprint density at radius 2 is 1.68 bits per heavy atom. The molecule has 2 amide bonds. The molecule has 0 saturated heterocycles. The van der Waals surface area contributed by atoms with Crippen molar-refractivity contribution in [1.29, 1.82) is 0 Å². The van der Waals surface area contributed by atoms with E-state index in [-0.39, 0.29) is 18.6 Å². The Balaban J connectivity index is 1.57. The van der Waals surface area contributed by atoms with E-state index in [9.17, 15) is 14.4 Å². The molecule has 0 unspecified atom stereocenters. The summed E-state index contributed by atoms with van der Waals surface area (Å²) in [5, 5.41) is 1.47. The van der Waals surface area contributed by atoms with E-state index >= 15 is 0 Å². The van der Waals surface area contributed by atoms with Crippen LogP contribution in [0.5, 0.6) is 0 Å². The fraction of sp³-hybridized carbons (Fsp3) is 0.367. The van der Waals surface area contributed by atoms with E-state index < -0.39 is 17.8 Å². The lowest BCUT2D eigenvalue weighted by Crippen LogP contribution is -2.42. The number of carbonyl (C=O) groups is 3. The molecule has 1 aliphatic carbocycles. The highest BCUT2D eigenvalue weighted by Crippen LogP contribution is 2.39. The molecule has 8 nitrogen and oxygen atoms in total. The minimum Gasteiger partial charge on any atom is -0.460 e. The second-order valence-corrected chi connectivity index (χ2v) is 10.2. The fourth-order valence-corrected chi connectivity index (χ4v) is 5.57. The van der Waals surface area contributed by atoms with Crippen molar-refractivity contribution in [2.75, 3.05) is 23.0 Å². The minimum absolute atomic E-state index is 0.0902. The van der Waals surface area contributed by atoms with E-state index in [1.54, 1.807) is 25.1 Å². The molecule has 5 rings (SSSR count). The van der Waals surface area contributed by atoms with Gasteiger partial charge in [-0.25, -0.2) is 19.7 Å². The summed E-state index contributed by atoms with van der Waals surface area (Å²) in [6.07, 6.45) is 5.55. The molecule has 2 heterocycles. The van der Waals surface area contributed by atoms with Crippen molar-refractivity contribution in [2.45, 2.75) is 58.9 Å². The van der Waals surface area contributed by atoms with Crippen LogP contribution in [0.2, 0.25) is 0 Å². The van der Waals surface area contributed by atoms with Gasteiger partial charge in [-0.1, -0.05) is 38.0 Å². The highest BCUT2D eigenvalue weighted by atomic mass is 16.5. The summed E-state index contributed by atoms with van der Waals surface area (Å²) < 4.78 is 5.45. The lowest BCUT2D eigenvalue weighted by Gasteiger charge is -2.37. The Bertz CT molecular complexity index is 1420. The lowest BCUT2D eigenvalue weighted by atomic mass is 9.90. The second kappa shape index (κ2) is 10.4. The first kappa shape index (κ1) is 25.6. The van der Waals surface area contributed by atoms with Gasteiger partial charge in [0.2, 0.25) is 5.95 Å². The minimum atomic E-state index is -0.435. The van der Waals surface area contributed by atoms with Crippen molar-refractivity contribution in [3.8, 4) is 0 Å². The van der Waals surface area contributed by atoms with E-state index in [0.29, 0.717) is 40.0 Å². The van der Waals surface area contributed by atoms with Crippen LogP contribution in [0.15, 0.2) is 48.6 Å². The maximum Gasteiger partial charge on any atom is 0.333 e. The highest BCUT2D eigenvalue weighted by Gasteiger charge is 2.37. The molecule has 196 valence electrons. The summed E-state index contributed by atoms with van der Waals surface area (Å²) in [7, 11) is 0. The van der Waals surface area contributed by atoms with Gasteiger partial charge in [0.05, 0.1) is 6.54 Å². The topological polar surface area (TPSA) is 92.7 Å². The Morgan fingerprint density at radius 3 is 2.34 bits per heavy atom. The van der Waals surface area contributed by atoms with Gasteiger partial charge in [-0.2, -0.15) is 0 Å². The number of amides is 2. The summed E-state index contributed by atoms with van der Waals surface area (Å²) in [4.78, 5) is 51.5. The molecule has 8 heteroatoms. The SMILES string of the molecule is C=C(C)C(=O)OCCN(c1ccc2c3c(cccc13)C(=O)N(c1nc(C)cc(C)n1)C2=O)C1CCCCC1. The molecule has 2 aliphatic rings. The first-order chi connectivity index (χ1) is 18.3. The second-order valence-electron chi connectivity index (χ2n) is 10.2. The van der Waals surface area contributed by atoms with Gasteiger partial charge in [0.1, 0.15) is 6.61 Å². The zero-order valence-corrected chi connectivity index (χ0v) is 22.1. The van der Waals surface area contributed by atoms with Crippen LogP contribution in [0.4, 0.5) is 11.6 Å². The van der Waals surface area contributed by atoms with Crippen molar-refractivity contribution in [3.63, 3.8) is 0 Å². The van der Waals surface area contributed by atoms with Gasteiger partial charge >= 0.3 is 5.97 Å². The maximum absolute atomic E-state index is 13.7. The normalized spacial score (nSPS) is 15.6. The third-order valence-electron chi connectivity index (χ3n) is 7.29. The molecule has 2 aromatic carbocycles. The predicted molar refractivity (Wildman–Crippen MR) is 147 cm³/mol. The van der Waals surface area contributed by atoms with Crippen LogP contribution in [-0.2, 0) is 9.53 Å². The molecule has 0 bridgehead atoms. The van der Waals surface area contributed by atoms with Gasteiger partial charge in [-0.05, 0) is 57.9 Å². The number of nitrogens with zero attached hydrogens (tertiary/aromatic N) is 4. The average molecular weight is 513 g/mol. The number of aryl methyl sites for hydroxylation is 2. The molecule has 1 aliphatic heterocycles. The molecule has 3 aromatic rings. The van der Waals surface area contributed by atoms with Crippen LogP contribution in [-0.4, -0.2) is 46.9 Å². The molecule has 0 N–H and O–H groups in total. The third-order valence-corrected chi connectivity index (χ3v) is 7.29. The van der Waals surface area contributed by atoms with Crippen LogP contribution in [0.3, 0.4) is 0 Å². The van der Waals surface area contributed by atoms with Crippen molar-refractivity contribution in [3.05, 3.63) is 71.1 Å². The van der Waals surface area contributed by atoms with Gasteiger partial charge in [0, 0.05) is 50.6 Å². The van der Waals surface area contributed by atoms with E-state index in [4.69, 9.17) is 4.74 Å². The Hall–Kier alpha value is -4.07. The van der Waals surface area contributed by atoms with Gasteiger partial charge in [-0.3, -0.25) is 9.59 Å². The fourth-order valence-electron chi connectivity index (χ4n) is 5.57. The number of esters is 1. The molecule has 38 heavy (non-hydrogen) atoms. The molecule has 0 atom stereocenters. The number of hydrogen-bond acceptors (Lipinski definition) is 7.